The van der Waals surface area contributed by atoms with Crippen LogP contribution in [-0.4, -0.2) is 88.6 Å². The van der Waals surface area contributed by atoms with E-state index in [0.717, 1.165) is 5.57 Å². The normalized spacial score (nSPS) is 34.9. The van der Waals surface area contributed by atoms with Crippen molar-refractivity contribution in [2.75, 3.05) is 6.61 Å². The number of Topliss-reactive ketones (excluding diaryl/α,β-unsaturated/α-hetero) is 1. The van der Waals surface area contributed by atoms with E-state index in [0.29, 0.717) is 11.1 Å². The maximum atomic E-state index is 14.7. The molecule has 10 atom stereocenters. The van der Waals surface area contributed by atoms with Crippen LogP contribution < -0.4 is 5.32 Å². The summed E-state index contributed by atoms with van der Waals surface area (Å²) >= 11 is 0. The van der Waals surface area contributed by atoms with Gasteiger partial charge in [-0.25, -0.2) is 9.59 Å². The Labute approximate surface area is 298 Å². The highest BCUT2D eigenvalue weighted by Crippen LogP contribution is 2.67. The van der Waals surface area contributed by atoms with Gasteiger partial charge in [-0.2, -0.15) is 0 Å². The summed E-state index contributed by atoms with van der Waals surface area (Å²) in [4.78, 5) is 67.2. The van der Waals surface area contributed by atoms with Crippen LogP contribution in [0.1, 0.15) is 91.9 Å². The van der Waals surface area contributed by atoms with Gasteiger partial charge in [0.25, 0.3) is 0 Å². The summed E-state index contributed by atoms with van der Waals surface area (Å²) in [6, 6.07) is 7.35. The number of carbonyl (C=O) groups excluding carboxylic acids is 5. The summed E-state index contributed by atoms with van der Waals surface area (Å²) in [5.41, 5.74) is -2.94. The summed E-state index contributed by atoms with van der Waals surface area (Å²) in [6.07, 6.45) is -4.25. The summed E-state index contributed by atoms with van der Waals surface area (Å²) in [5.74, 6) is -3.93. The van der Waals surface area contributed by atoms with E-state index in [1.54, 1.807) is 64.1 Å². The largest absolute Gasteiger partial charge is 0.458 e. The van der Waals surface area contributed by atoms with E-state index in [4.69, 9.17) is 18.9 Å². The van der Waals surface area contributed by atoms with E-state index in [1.807, 2.05) is 20.8 Å². The molecule has 4 aliphatic rings. The van der Waals surface area contributed by atoms with E-state index in [9.17, 15) is 34.2 Å². The van der Waals surface area contributed by atoms with Crippen molar-refractivity contribution in [3.05, 3.63) is 58.7 Å². The summed E-state index contributed by atoms with van der Waals surface area (Å²) < 4.78 is 24.7. The highest BCUT2D eigenvalue weighted by atomic mass is 16.6. The molecule has 5 rings (SSSR count). The van der Waals surface area contributed by atoms with Gasteiger partial charge in [0, 0.05) is 54.4 Å². The second-order valence-electron chi connectivity index (χ2n) is 16.0. The Balaban J connectivity index is 1.69. The first kappa shape index (κ1) is 38.4. The van der Waals surface area contributed by atoms with Crippen molar-refractivity contribution in [1.29, 1.82) is 0 Å². The molecule has 3 fully saturated rings. The number of nitrogens with one attached hydrogen (secondary N) is 1. The number of carbonyl (C=O) groups is 5. The van der Waals surface area contributed by atoms with Gasteiger partial charge >= 0.3 is 17.9 Å². The minimum Gasteiger partial charge on any atom is -0.458 e. The van der Waals surface area contributed by atoms with Crippen molar-refractivity contribution >= 4 is 29.6 Å². The van der Waals surface area contributed by atoms with E-state index >= 15 is 0 Å². The van der Waals surface area contributed by atoms with Gasteiger partial charge in [-0.15, -0.1) is 0 Å². The molecule has 3 N–H and O–H groups in total. The highest BCUT2D eigenvalue weighted by molar-refractivity contribution is 5.99. The fourth-order valence-electron chi connectivity index (χ4n) is 9.24. The van der Waals surface area contributed by atoms with Crippen molar-refractivity contribution in [3.8, 4) is 0 Å². The first-order chi connectivity index (χ1) is 23.7. The van der Waals surface area contributed by atoms with Crippen LogP contribution in [0.3, 0.4) is 0 Å². The third kappa shape index (κ3) is 6.44. The van der Waals surface area contributed by atoms with Crippen molar-refractivity contribution in [1.82, 2.24) is 5.32 Å². The Bertz CT molecular complexity index is 1660. The number of benzene rings is 1. The maximum Gasteiger partial charge on any atom is 0.338 e. The molecule has 0 aromatic heterocycles. The van der Waals surface area contributed by atoms with Crippen LogP contribution in [0, 0.1) is 22.2 Å². The summed E-state index contributed by atoms with van der Waals surface area (Å²) in [5, 5.41) is 25.5. The van der Waals surface area contributed by atoms with Gasteiger partial charge in [0.1, 0.15) is 18.3 Å². The molecule has 2 bridgehead atoms. The average molecular weight is 710 g/mol. The van der Waals surface area contributed by atoms with E-state index in [2.05, 4.69) is 5.32 Å². The fourth-order valence-corrected chi connectivity index (χ4v) is 9.24. The number of aliphatic hydroxyl groups is 2. The number of allylic oxidation sites excluding steroid dienone is 2. The van der Waals surface area contributed by atoms with Crippen LogP contribution in [-0.2, 0) is 38.1 Å². The quantitative estimate of drug-likeness (QED) is 0.204. The number of hydrogen-bond acceptors (Lipinski definition) is 11. The van der Waals surface area contributed by atoms with Gasteiger partial charge in [0.05, 0.1) is 24.3 Å². The number of rotatable bonds is 8. The number of ether oxygens (including phenoxy) is 4. The lowest BCUT2D eigenvalue weighted by atomic mass is 9.42. The number of fused-ring (bicyclic) bond motifs is 5. The fraction of sp³-hybridized carbons (Fsp3) is 0.615. The van der Waals surface area contributed by atoms with E-state index < -0.39 is 88.1 Å². The van der Waals surface area contributed by atoms with Gasteiger partial charge in [-0.1, -0.05) is 57.5 Å². The SMILES string of the molecule is CC(=O)N[C@@H](C=C(C)C)[C@@H](O)C(=O)O[C@H]1C[C@@]2(C)[C@@H](OC(=O)c3ccccc3)[C@H]3[C@](C)(CC(=O)C(=C1C)C2(C)C)[C@@H](O)C[C@H]1OC[C@]13OC(C)=O. The van der Waals surface area contributed by atoms with Crippen molar-refractivity contribution < 1.29 is 53.1 Å². The number of esters is 3. The number of amides is 1. The second kappa shape index (κ2) is 13.6. The molecule has 1 amide bonds. The molecule has 12 heteroatoms. The summed E-state index contributed by atoms with van der Waals surface area (Å²) in [6.45, 7) is 15.2. The first-order valence-corrected chi connectivity index (χ1v) is 17.5. The third-order valence-corrected chi connectivity index (χ3v) is 12.1. The van der Waals surface area contributed by atoms with Crippen LogP contribution in [0.2, 0.25) is 0 Å². The molecule has 1 aromatic rings. The number of hydrogen-bond donors (Lipinski definition) is 3. The molecule has 278 valence electrons. The van der Waals surface area contributed by atoms with Gasteiger partial charge in [-0.3, -0.25) is 14.4 Å². The Hall–Kier alpha value is -3.87. The molecule has 1 aliphatic heterocycles. The zero-order valence-electron chi connectivity index (χ0n) is 30.9. The van der Waals surface area contributed by atoms with Crippen molar-refractivity contribution in [2.45, 2.75) is 124 Å². The zero-order valence-corrected chi connectivity index (χ0v) is 30.9. The zero-order chi connectivity index (χ0) is 37.8. The lowest BCUT2D eigenvalue weighted by molar-refractivity contribution is -0.344. The standard InChI is InChI=1S/C39H51NO11/c1-20(2)15-25(40-22(4)41)31(45)35(47)49-27-18-38(9)33(50-34(46)24-13-11-10-12-14-24)32-37(8,17-26(43)30(21(27)3)36(38,6)7)28(44)16-29-39(32,19-48-29)51-23(5)42/h10-15,25,27-29,31-33,44-45H,16-19H2,1-9H3,(H,40,41)/t25-,27-,28-,29+,31+,32-,33-,37+,38-,39-/m0/s1. The maximum absolute atomic E-state index is 14.7. The van der Waals surface area contributed by atoms with Crippen molar-refractivity contribution in [2.24, 2.45) is 22.2 Å². The first-order valence-electron chi connectivity index (χ1n) is 17.5. The molecular formula is C39H51NO11. The highest BCUT2D eigenvalue weighted by Gasteiger charge is 2.75. The predicted octanol–water partition coefficient (Wildman–Crippen LogP) is 3.77. The molecule has 0 spiro atoms. The minimum absolute atomic E-state index is 0.0322. The van der Waals surface area contributed by atoms with Crippen LogP contribution >= 0.6 is 0 Å². The molecule has 1 aromatic carbocycles. The van der Waals surface area contributed by atoms with E-state index in [-0.39, 0.29) is 37.2 Å². The van der Waals surface area contributed by atoms with Gasteiger partial charge in [0.15, 0.2) is 17.5 Å². The molecule has 3 aliphatic carbocycles. The Morgan fingerprint density at radius 2 is 1.67 bits per heavy atom. The lowest BCUT2D eigenvalue weighted by Gasteiger charge is -2.68. The smallest absolute Gasteiger partial charge is 0.338 e. The predicted molar refractivity (Wildman–Crippen MR) is 184 cm³/mol. The van der Waals surface area contributed by atoms with Crippen LogP contribution in [0.15, 0.2) is 53.1 Å². The molecule has 0 radical (unpaired) electrons. The molecule has 51 heavy (non-hydrogen) atoms. The molecule has 1 heterocycles. The number of aliphatic hydroxyl groups excluding tert-OH is 2. The Morgan fingerprint density at radius 3 is 2.22 bits per heavy atom. The Kier molecular flexibility index (Phi) is 10.2. The van der Waals surface area contributed by atoms with Gasteiger partial charge < -0.3 is 34.5 Å². The number of ketones is 1. The van der Waals surface area contributed by atoms with Crippen LogP contribution in [0.4, 0.5) is 0 Å². The molecular weight excluding hydrogens is 658 g/mol. The average Bonchev–Trinajstić information content (AvgIpc) is 3.02. The third-order valence-electron chi connectivity index (χ3n) is 12.1. The van der Waals surface area contributed by atoms with Gasteiger partial charge in [-0.05, 0) is 44.9 Å². The molecule has 0 unspecified atom stereocenters. The molecule has 12 nitrogen and oxygen atoms in total. The lowest BCUT2D eigenvalue weighted by Crippen LogP contribution is -2.78. The van der Waals surface area contributed by atoms with Crippen LogP contribution in [0.5, 0.6) is 0 Å². The second-order valence-corrected chi connectivity index (χ2v) is 16.0. The molecule has 1 saturated heterocycles. The minimum atomic E-state index is -1.77. The molecule has 2 saturated carbocycles. The van der Waals surface area contributed by atoms with Crippen molar-refractivity contribution in [3.63, 3.8) is 0 Å². The van der Waals surface area contributed by atoms with Gasteiger partial charge in [0.2, 0.25) is 5.91 Å². The topological polar surface area (TPSA) is 175 Å². The van der Waals surface area contributed by atoms with E-state index in [1.165, 1.54) is 13.8 Å². The Morgan fingerprint density at radius 1 is 1.02 bits per heavy atom. The van der Waals surface area contributed by atoms with Crippen LogP contribution in [0.25, 0.3) is 0 Å². The monoisotopic (exact) mass is 709 g/mol. The summed E-state index contributed by atoms with van der Waals surface area (Å²) in [7, 11) is 0.